The van der Waals surface area contributed by atoms with Crippen molar-refractivity contribution in [3.05, 3.63) is 60.2 Å². The molecular formula is C19H24FN3O2. The van der Waals surface area contributed by atoms with Crippen LogP contribution in [-0.2, 0) is 6.54 Å². The van der Waals surface area contributed by atoms with Crippen molar-refractivity contribution in [3.63, 3.8) is 0 Å². The largest absolute Gasteiger partial charge is 0.491 e. The van der Waals surface area contributed by atoms with E-state index in [-0.39, 0.29) is 12.4 Å². The van der Waals surface area contributed by atoms with E-state index in [0.717, 1.165) is 32.7 Å². The maximum atomic E-state index is 12.8. The summed E-state index contributed by atoms with van der Waals surface area (Å²) < 4.78 is 18.3. The molecule has 6 heteroatoms. The van der Waals surface area contributed by atoms with Crippen molar-refractivity contribution in [2.45, 2.75) is 12.6 Å². The number of benzene rings is 1. The SMILES string of the molecule is OC(COc1ccc(F)cc1)CN1CCN(Cc2ccncc2)CC1. The molecule has 0 spiro atoms. The molecule has 1 atom stereocenters. The molecule has 134 valence electrons. The Balaban J connectivity index is 1.36. The normalized spacial score (nSPS) is 17.4. The van der Waals surface area contributed by atoms with Gasteiger partial charge in [0.15, 0.2) is 0 Å². The van der Waals surface area contributed by atoms with Gasteiger partial charge >= 0.3 is 0 Å². The lowest BCUT2D eigenvalue weighted by Crippen LogP contribution is -2.48. The Hall–Kier alpha value is -2.02. The Labute approximate surface area is 147 Å². The number of aromatic nitrogens is 1. The van der Waals surface area contributed by atoms with Crippen molar-refractivity contribution in [1.82, 2.24) is 14.8 Å². The summed E-state index contributed by atoms with van der Waals surface area (Å²) in [6.07, 6.45) is 3.09. The molecule has 1 aromatic carbocycles. The summed E-state index contributed by atoms with van der Waals surface area (Å²) >= 11 is 0. The second-order valence-corrected chi connectivity index (χ2v) is 6.35. The van der Waals surface area contributed by atoms with Gasteiger partial charge in [-0.05, 0) is 42.0 Å². The molecule has 1 fully saturated rings. The maximum absolute atomic E-state index is 12.8. The van der Waals surface area contributed by atoms with Gasteiger partial charge in [0.25, 0.3) is 0 Å². The van der Waals surface area contributed by atoms with Gasteiger partial charge in [-0.3, -0.25) is 14.8 Å². The van der Waals surface area contributed by atoms with Gasteiger partial charge in [0.2, 0.25) is 0 Å². The van der Waals surface area contributed by atoms with Crippen molar-refractivity contribution in [2.24, 2.45) is 0 Å². The van der Waals surface area contributed by atoms with Gasteiger partial charge in [-0.2, -0.15) is 0 Å². The van der Waals surface area contributed by atoms with Crippen molar-refractivity contribution in [3.8, 4) is 5.75 Å². The van der Waals surface area contributed by atoms with E-state index < -0.39 is 6.10 Å². The fraction of sp³-hybridized carbons (Fsp3) is 0.421. The molecule has 2 aromatic rings. The highest BCUT2D eigenvalue weighted by Gasteiger charge is 2.19. The second-order valence-electron chi connectivity index (χ2n) is 6.35. The number of hydrogen-bond donors (Lipinski definition) is 1. The van der Waals surface area contributed by atoms with Crippen LogP contribution in [0.15, 0.2) is 48.8 Å². The summed E-state index contributed by atoms with van der Waals surface area (Å²) in [5, 5.41) is 10.2. The molecule has 2 heterocycles. The molecule has 1 N–H and O–H groups in total. The van der Waals surface area contributed by atoms with Crippen molar-refractivity contribution in [2.75, 3.05) is 39.3 Å². The summed E-state index contributed by atoms with van der Waals surface area (Å²) in [5.74, 6) is 0.278. The lowest BCUT2D eigenvalue weighted by molar-refractivity contribution is 0.0446. The van der Waals surface area contributed by atoms with E-state index in [1.54, 1.807) is 12.1 Å². The van der Waals surface area contributed by atoms with Crippen molar-refractivity contribution in [1.29, 1.82) is 0 Å². The molecule has 0 radical (unpaired) electrons. The standard InChI is InChI=1S/C19H24FN3O2/c20-17-1-3-19(4-2-17)25-15-18(24)14-23-11-9-22(10-12-23)13-16-5-7-21-8-6-16/h1-8,18,24H,9-15H2. The third-order valence-electron chi connectivity index (χ3n) is 4.35. The van der Waals surface area contributed by atoms with Crippen molar-refractivity contribution < 1.29 is 14.2 Å². The van der Waals surface area contributed by atoms with Crippen LogP contribution in [-0.4, -0.2) is 65.3 Å². The molecule has 1 aliphatic rings. The maximum Gasteiger partial charge on any atom is 0.123 e. The van der Waals surface area contributed by atoms with Gasteiger partial charge in [0, 0.05) is 51.7 Å². The molecular weight excluding hydrogens is 321 g/mol. The third kappa shape index (κ3) is 5.77. The van der Waals surface area contributed by atoms with Crippen LogP contribution in [0, 0.1) is 5.82 Å². The minimum atomic E-state index is -0.559. The predicted molar refractivity (Wildman–Crippen MR) is 93.9 cm³/mol. The van der Waals surface area contributed by atoms with E-state index in [1.165, 1.54) is 17.7 Å². The molecule has 0 amide bonds. The average molecular weight is 345 g/mol. The van der Waals surface area contributed by atoms with Gasteiger partial charge in [-0.25, -0.2) is 4.39 Å². The summed E-state index contributed by atoms with van der Waals surface area (Å²) in [6.45, 7) is 5.55. The van der Waals surface area contributed by atoms with Crippen LogP contribution in [0.25, 0.3) is 0 Å². The van der Waals surface area contributed by atoms with Crippen LogP contribution in [0.3, 0.4) is 0 Å². The monoisotopic (exact) mass is 345 g/mol. The fourth-order valence-corrected chi connectivity index (χ4v) is 2.95. The first kappa shape index (κ1) is 17.8. The quantitative estimate of drug-likeness (QED) is 0.829. The highest BCUT2D eigenvalue weighted by Crippen LogP contribution is 2.12. The second kappa shape index (κ2) is 8.89. The van der Waals surface area contributed by atoms with Gasteiger partial charge in [0.05, 0.1) is 0 Å². The van der Waals surface area contributed by atoms with E-state index in [2.05, 4.69) is 14.8 Å². The van der Waals surface area contributed by atoms with Gasteiger partial charge in [0.1, 0.15) is 24.3 Å². The van der Waals surface area contributed by atoms with Crippen LogP contribution in [0.4, 0.5) is 4.39 Å². The number of β-amino-alcohol motifs (C(OH)–C–C–N with tert-alkyl or cyclic N) is 1. The van der Waals surface area contributed by atoms with Gasteiger partial charge in [-0.1, -0.05) is 0 Å². The van der Waals surface area contributed by atoms with Crippen LogP contribution in [0.5, 0.6) is 5.75 Å². The van der Waals surface area contributed by atoms with E-state index in [1.807, 2.05) is 24.5 Å². The number of hydrogen-bond acceptors (Lipinski definition) is 5. The summed E-state index contributed by atoms with van der Waals surface area (Å²) in [4.78, 5) is 8.70. The topological polar surface area (TPSA) is 48.8 Å². The first-order valence-corrected chi connectivity index (χ1v) is 8.59. The summed E-state index contributed by atoms with van der Waals surface area (Å²) in [7, 11) is 0. The Kier molecular flexibility index (Phi) is 6.33. The van der Waals surface area contributed by atoms with Gasteiger partial charge in [-0.15, -0.1) is 0 Å². The zero-order chi connectivity index (χ0) is 17.5. The van der Waals surface area contributed by atoms with E-state index in [4.69, 9.17) is 4.74 Å². The molecule has 0 aliphatic carbocycles. The number of halogens is 1. The lowest BCUT2D eigenvalue weighted by Gasteiger charge is -2.35. The number of aliphatic hydroxyl groups is 1. The third-order valence-corrected chi connectivity index (χ3v) is 4.35. The minimum Gasteiger partial charge on any atom is -0.491 e. The van der Waals surface area contributed by atoms with E-state index in [9.17, 15) is 9.50 Å². The molecule has 1 aliphatic heterocycles. The van der Waals surface area contributed by atoms with Crippen LogP contribution in [0.2, 0.25) is 0 Å². The molecule has 25 heavy (non-hydrogen) atoms. The Morgan fingerprint density at radius 3 is 2.32 bits per heavy atom. The molecule has 3 rings (SSSR count). The number of ether oxygens (including phenoxy) is 1. The number of nitrogens with zero attached hydrogens (tertiary/aromatic N) is 3. The molecule has 1 saturated heterocycles. The number of rotatable bonds is 7. The van der Waals surface area contributed by atoms with Crippen LogP contribution in [0.1, 0.15) is 5.56 Å². The minimum absolute atomic E-state index is 0.211. The molecule has 1 unspecified atom stereocenters. The zero-order valence-electron chi connectivity index (χ0n) is 14.2. The lowest BCUT2D eigenvalue weighted by atomic mass is 10.2. The van der Waals surface area contributed by atoms with E-state index in [0.29, 0.717) is 12.3 Å². The number of aliphatic hydroxyl groups excluding tert-OH is 1. The molecule has 5 nitrogen and oxygen atoms in total. The zero-order valence-corrected chi connectivity index (χ0v) is 14.2. The highest BCUT2D eigenvalue weighted by atomic mass is 19.1. The van der Waals surface area contributed by atoms with E-state index >= 15 is 0 Å². The predicted octanol–water partition coefficient (Wildman–Crippen LogP) is 1.78. The average Bonchev–Trinajstić information content (AvgIpc) is 2.64. The van der Waals surface area contributed by atoms with Crippen LogP contribution >= 0.6 is 0 Å². The Morgan fingerprint density at radius 2 is 1.64 bits per heavy atom. The Morgan fingerprint density at radius 1 is 1.00 bits per heavy atom. The Bertz CT molecular complexity index is 631. The van der Waals surface area contributed by atoms with Crippen molar-refractivity contribution >= 4 is 0 Å². The summed E-state index contributed by atoms with van der Waals surface area (Å²) in [5.41, 5.74) is 1.27. The summed E-state index contributed by atoms with van der Waals surface area (Å²) in [6, 6.07) is 9.93. The molecule has 0 bridgehead atoms. The molecule has 0 saturated carbocycles. The number of piperazine rings is 1. The van der Waals surface area contributed by atoms with Gasteiger partial charge < -0.3 is 9.84 Å². The highest BCUT2D eigenvalue weighted by molar-refractivity contribution is 5.22. The molecule has 1 aromatic heterocycles. The van der Waals surface area contributed by atoms with Crippen LogP contribution < -0.4 is 4.74 Å². The number of pyridine rings is 1. The first-order chi connectivity index (χ1) is 12.2. The first-order valence-electron chi connectivity index (χ1n) is 8.59. The fourth-order valence-electron chi connectivity index (χ4n) is 2.95. The smallest absolute Gasteiger partial charge is 0.123 e.